The van der Waals surface area contributed by atoms with Gasteiger partial charge in [-0.1, -0.05) is 25.1 Å². The van der Waals surface area contributed by atoms with Crippen LogP contribution in [0.5, 0.6) is 0 Å². The van der Waals surface area contributed by atoms with Crippen LogP contribution in [0.4, 0.5) is 17.5 Å². The number of allylic oxidation sites excluding steroid dienone is 1. The van der Waals surface area contributed by atoms with Crippen LogP contribution in [0.3, 0.4) is 0 Å². The summed E-state index contributed by atoms with van der Waals surface area (Å²) >= 11 is 5.22. The number of hydrogen-bond donors (Lipinski definition) is 4. The molecule has 2 rings (SSSR count). The first-order chi connectivity index (χ1) is 15.0. The van der Waals surface area contributed by atoms with Crippen LogP contribution in [0.2, 0.25) is 0 Å². The maximum absolute atomic E-state index is 9.23. The number of anilines is 3. The van der Waals surface area contributed by atoms with Crippen molar-refractivity contribution in [3.63, 3.8) is 0 Å². The van der Waals surface area contributed by atoms with E-state index >= 15 is 0 Å². The summed E-state index contributed by atoms with van der Waals surface area (Å²) in [7, 11) is 0. The molecule has 0 radical (unpaired) electrons. The third kappa shape index (κ3) is 10.6. The van der Waals surface area contributed by atoms with E-state index < -0.39 is 0 Å². The molecule has 0 fully saturated rings. The molecule has 8 nitrogen and oxygen atoms in total. The van der Waals surface area contributed by atoms with Crippen LogP contribution in [0.25, 0.3) is 0 Å². The second-order valence-electron chi connectivity index (χ2n) is 6.41. The summed E-state index contributed by atoms with van der Waals surface area (Å²) in [5.74, 6) is 1.14. The maximum Gasteiger partial charge on any atom is 0.373 e. The van der Waals surface area contributed by atoms with Crippen molar-refractivity contribution < 1.29 is 14.7 Å². The lowest BCUT2D eigenvalue weighted by molar-refractivity contribution is -0.191. The standard InChI is InChI=1S/C20H28BrN5OS.CO2/c1-4-6-17(28-3)11-22-10-15-7-5-8-16(9-15)25-20-23-12-18(21)19(26-20)24-14(2)13-27;2-1-3/h5-9,12,14,22,27H,4,10-11,13H2,1-3H3,(H2,23,24,25,26);/b17-6-;. The molecule has 0 aliphatic heterocycles. The Bertz CT molecular complexity index is 876. The molecule has 4 N–H and O–H groups in total. The number of hydrogen-bond acceptors (Lipinski definition) is 9. The van der Waals surface area contributed by atoms with Crippen molar-refractivity contribution in [3.8, 4) is 0 Å². The lowest BCUT2D eigenvalue weighted by Gasteiger charge is -2.14. The van der Waals surface area contributed by atoms with Crippen LogP contribution in [0.15, 0.2) is 45.9 Å². The van der Waals surface area contributed by atoms with Gasteiger partial charge in [0.15, 0.2) is 0 Å². The number of thioether (sulfide) groups is 1. The van der Waals surface area contributed by atoms with Crippen molar-refractivity contribution in [2.45, 2.75) is 32.9 Å². The number of halogens is 1. The molecule has 0 saturated carbocycles. The minimum atomic E-state index is -0.0959. The third-order valence-corrected chi connectivity index (χ3v) is 5.32. The molecule has 10 heteroatoms. The lowest BCUT2D eigenvalue weighted by atomic mass is 10.2. The minimum Gasteiger partial charge on any atom is -0.394 e. The lowest BCUT2D eigenvalue weighted by Crippen LogP contribution is -2.20. The Kier molecular flexibility index (Phi) is 13.4. The number of carbonyl (C=O) groups excluding carboxylic acids is 2. The normalized spacial score (nSPS) is 11.7. The van der Waals surface area contributed by atoms with Gasteiger partial charge in [0.05, 0.1) is 11.1 Å². The molecule has 0 aliphatic rings. The van der Waals surface area contributed by atoms with E-state index in [1.807, 2.05) is 19.1 Å². The van der Waals surface area contributed by atoms with E-state index in [-0.39, 0.29) is 18.8 Å². The minimum absolute atomic E-state index is 0.0277. The van der Waals surface area contributed by atoms with Gasteiger partial charge in [-0.05, 0) is 58.1 Å². The zero-order valence-electron chi connectivity index (χ0n) is 17.8. The van der Waals surface area contributed by atoms with Crippen molar-refractivity contribution in [1.29, 1.82) is 0 Å². The molecule has 31 heavy (non-hydrogen) atoms. The van der Waals surface area contributed by atoms with E-state index in [9.17, 15) is 5.11 Å². The smallest absolute Gasteiger partial charge is 0.373 e. The van der Waals surface area contributed by atoms with E-state index in [1.165, 1.54) is 10.5 Å². The Hall–Kier alpha value is -2.23. The second kappa shape index (κ2) is 15.6. The molecule has 1 aromatic heterocycles. The quantitative estimate of drug-likeness (QED) is 0.357. The first-order valence-corrected chi connectivity index (χ1v) is 11.7. The van der Waals surface area contributed by atoms with E-state index in [0.29, 0.717) is 11.8 Å². The van der Waals surface area contributed by atoms with Gasteiger partial charge in [-0.15, -0.1) is 11.8 Å². The Morgan fingerprint density at radius 3 is 2.77 bits per heavy atom. The Morgan fingerprint density at radius 1 is 1.39 bits per heavy atom. The van der Waals surface area contributed by atoms with Crippen LogP contribution in [0, 0.1) is 0 Å². The van der Waals surface area contributed by atoms with Gasteiger partial charge in [-0.25, -0.2) is 4.98 Å². The summed E-state index contributed by atoms with van der Waals surface area (Å²) in [6.45, 7) is 5.73. The van der Waals surface area contributed by atoms with Gasteiger partial charge in [-0.3, -0.25) is 0 Å². The highest BCUT2D eigenvalue weighted by Crippen LogP contribution is 2.23. The Balaban J connectivity index is 0.00000151. The average molecular weight is 510 g/mol. The second-order valence-corrected chi connectivity index (χ2v) is 8.20. The maximum atomic E-state index is 9.23. The first-order valence-electron chi connectivity index (χ1n) is 9.66. The predicted octanol–water partition coefficient (Wildman–Crippen LogP) is 3.94. The summed E-state index contributed by atoms with van der Waals surface area (Å²) in [5, 5.41) is 19.1. The van der Waals surface area contributed by atoms with Gasteiger partial charge < -0.3 is 21.1 Å². The van der Waals surface area contributed by atoms with Crippen LogP contribution in [-0.2, 0) is 16.1 Å². The summed E-state index contributed by atoms with van der Waals surface area (Å²) in [6, 6.07) is 8.09. The molecule has 0 aliphatic carbocycles. The van der Waals surface area contributed by atoms with E-state index in [1.54, 1.807) is 18.0 Å². The zero-order chi connectivity index (χ0) is 23.1. The molecule has 0 spiro atoms. The van der Waals surface area contributed by atoms with Gasteiger partial charge in [-0.2, -0.15) is 14.6 Å². The van der Waals surface area contributed by atoms with E-state index in [2.05, 4.69) is 73.2 Å². The van der Waals surface area contributed by atoms with E-state index in [0.717, 1.165) is 29.7 Å². The van der Waals surface area contributed by atoms with Crippen molar-refractivity contribution in [2.75, 3.05) is 30.0 Å². The fraction of sp³-hybridized carbons (Fsp3) is 0.381. The van der Waals surface area contributed by atoms with Gasteiger partial charge in [0.1, 0.15) is 5.82 Å². The molecule has 168 valence electrons. The van der Waals surface area contributed by atoms with Crippen LogP contribution < -0.4 is 16.0 Å². The van der Waals surface area contributed by atoms with E-state index in [4.69, 9.17) is 9.59 Å². The number of nitrogens with zero attached hydrogens (tertiary/aromatic N) is 2. The molecule has 0 bridgehead atoms. The SMILES string of the molecule is CC/C=C(/CNCc1cccc(Nc2ncc(Br)c(NC(C)CO)n2)c1)SC.O=C=O. The number of benzene rings is 1. The van der Waals surface area contributed by atoms with Crippen molar-refractivity contribution >= 4 is 51.3 Å². The molecule has 1 unspecified atom stereocenters. The zero-order valence-corrected chi connectivity index (χ0v) is 20.2. The summed E-state index contributed by atoms with van der Waals surface area (Å²) < 4.78 is 0.751. The summed E-state index contributed by atoms with van der Waals surface area (Å²) in [4.78, 5) is 26.4. The van der Waals surface area contributed by atoms with Gasteiger partial charge >= 0.3 is 6.15 Å². The van der Waals surface area contributed by atoms with Crippen molar-refractivity contribution in [2.24, 2.45) is 0 Å². The highest BCUT2D eigenvalue weighted by molar-refractivity contribution is 9.10. The molecule has 2 aromatic rings. The fourth-order valence-corrected chi connectivity index (χ4v) is 3.37. The van der Waals surface area contributed by atoms with Gasteiger partial charge in [0.25, 0.3) is 0 Å². The number of aromatic nitrogens is 2. The Morgan fingerprint density at radius 2 is 2.13 bits per heavy atom. The summed E-state index contributed by atoms with van der Waals surface area (Å²) in [5.41, 5.74) is 2.11. The highest BCUT2D eigenvalue weighted by Gasteiger charge is 2.08. The monoisotopic (exact) mass is 509 g/mol. The molecule has 1 aromatic carbocycles. The average Bonchev–Trinajstić information content (AvgIpc) is 2.76. The third-order valence-electron chi connectivity index (χ3n) is 3.91. The van der Waals surface area contributed by atoms with Crippen LogP contribution >= 0.6 is 27.7 Å². The fourth-order valence-electron chi connectivity index (χ4n) is 2.48. The molecular weight excluding hydrogens is 482 g/mol. The number of aliphatic hydroxyl groups excluding tert-OH is 1. The van der Waals surface area contributed by atoms with Crippen LogP contribution in [0.1, 0.15) is 25.8 Å². The first kappa shape index (κ1) is 26.8. The molecule has 1 heterocycles. The molecular formula is C21H28BrN5O3S. The molecule has 0 saturated heterocycles. The topological polar surface area (TPSA) is 116 Å². The van der Waals surface area contributed by atoms with Crippen LogP contribution in [-0.4, -0.2) is 46.7 Å². The largest absolute Gasteiger partial charge is 0.394 e. The Labute approximate surface area is 195 Å². The molecule has 0 amide bonds. The van der Waals surface area contributed by atoms with Gasteiger partial charge in [0, 0.05) is 31.0 Å². The van der Waals surface area contributed by atoms with Crippen molar-refractivity contribution in [3.05, 3.63) is 51.5 Å². The number of rotatable bonds is 11. The highest BCUT2D eigenvalue weighted by atomic mass is 79.9. The van der Waals surface area contributed by atoms with Crippen molar-refractivity contribution in [1.82, 2.24) is 15.3 Å². The summed E-state index contributed by atoms with van der Waals surface area (Å²) in [6.07, 6.45) is 7.36. The van der Waals surface area contributed by atoms with Gasteiger partial charge in [0.2, 0.25) is 5.95 Å². The molecule has 1 atom stereocenters. The number of nitrogens with one attached hydrogen (secondary N) is 3. The predicted molar refractivity (Wildman–Crippen MR) is 128 cm³/mol. The number of aliphatic hydroxyl groups is 1.